The maximum absolute atomic E-state index is 13.5. The normalized spacial score (nSPS) is 12.5. The highest BCUT2D eigenvalue weighted by atomic mass is 19.1. The van der Waals surface area contributed by atoms with Gasteiger partial charge in [-0.15, -0.1) is 0 Å². The molecule has 0 saturated carbocycles. The summed E-state index contributed by atoms with van der Waals surface area (Å²) >= 11 is 0. The lowest BCUT2D eigenvalue weighted by Gasteiger charge is -2.09. The molecule has 1 rings (SSSR count). The van der Waals surface area contributed by atoms with Crippen molar-refractivity contribution in [3.63, 3.8) is 0 Å². The van der Waals surface area contributed by atoms with Gasteiger partial charge in [-0.25, -0.2) is 4.39 Å². The minimum Gasteiger partial charge on any atom is -0.491 e. The van der Waals surface area contributed by atoms with Crippen molar-refractivity contribution in [3.8, 4) is 5.75 Å². The van der Waals surface area contributed by atoms with Crippen molar-refractivity contribution in [1.29, 1.82) is 0 Å². The average molecular weight is 225 g/mol. The molecule has 0 aliphatic carbocycles. The van der Waals surface area contributed by atoms with Crippen LogP contribution in [0.15, 0.2) is 18.2 Å². The van der Waals surface area contributed by atoms with Crippen molar-refractivity contribution in [2.45, 2.75) is 26.7 Å². The van der Waals surface area contributed by atoms with Crippen LogP contribution in [0.25, 0.3) is 0 Å². The fourth-order valence-electron chi connectivity index (χ4n) is 1.50. The fraction of sp³-hybridized carbons (Fsp3) is 0.538. The smallest absolute Gasteiger partial charge is 0.165 e. The molecule has 0 fully saturated rings. The first-order valence-electron chi connectivity index (χ1n) is 5.78. The number of ether oxygens (including phenoxy) is 1. The second-order valence-corrected chi connectivity index (χ2v) is 4.08. The molecule has 0 aliphatic rings. The summed E-state index contributed by atoms with van der Waals surface area (Å²) < 4.78 is 18.6. The van der Waals surface area contributed by atoms with Gasteiger partial charge in [0.15, 0.2) is 11.6 Å². The Morgan fingerprint density at radius 3 is 2.75 bits per heavy atom. The molecule has 0 aliphatic heterocycles. The van der Waals surface area contributed by atoms with Crippen molar-refractivity contribution >= 4 is 0 Å². The fourth-order valence-corrected chi connectivity index (χ4v) is 1.50. The van der Waals surface area contributed by atoms with Gasteiger partial charge in [-0.1, -0.05) is 13.0 Å². The van der Waals surface area contributed by atoms with Crippen LogP contribution in [0.4, 0.5) is 4.39 Å². The summed E-state index contributed by atoms with van der Waals surface area (Å²) in [5.74, 6) is 0.535. The van der Waals surface area contributed by atoms with Crippen molar-refractivity contribution in [1.82, 2.24) is 0 Å². The molecule has 2 nitrogen and oxygen atoms in total. The highest BCUT2D eigenvalue weighted by Gasteiger charge is 2.05. The van der Waals surface area contributed by atoms with Crippen molar-refractivity contribution in [2.75, 3.05) is 13.2 Å². The van der Waals surface area contributed by atoms with E-state index in [-0.39, 0.29) is 5.82 Å². The quantitative estimate of drug-likeness (QED) is 0.808. The van der Waals surface area contributed by atoms with Gasteiger partial charge in [0, 0.05) is 0 Å². The molecule has 90 valence electrons. The largest absolute Gasteiger partial charge is 0.491 e. The number of rotatable bonds is 6. The van der Waals surface area contributed by atoms with E-state index in [1.807, 2.05) is 13.0 Å². The molecule has 0 heterocycles. The monoisotopic (exact) mass is 225 g/mol. The van der Waals surface area contributed by atoms with Gasteiger partial charge < -0.3 is 10.5 Å². The first-order chi connectivity index (χ1) is 7.67. The van der Waals surface area contributed by atoms with Crippen molar-refractivity contribution in [3.05, 3.63) is 29.6 Å². The van der Waals surface area contributed by atoms with Crippen molar-refractivity contribution in [2.24, 2.45) is 11.7 Å². The molecular formula is C13H20FNO. The highest BCUT2D eigenvalue weighted by Crippen LogP contribution is 2.19. The van der Waals surface area contributed by atoms with E-state index in [1.165, 1.54) is 0 Å². The Morgan fingerprint density at radius 1 is 1.44 bits per heavy atom. The zero-order chi connectivity index (χ0) is 12.0. The van der Waals surface area contributed by atoms with Gasteiger partial charge in [0.1, 0.15) is 0 Å². The minimum absolute atomic E-state index is 0.278. The van der Waals surface area contributed by atoms with E-state index in [1.54, 1.807) is 12.1 Å². The standard InChI is InChI=1S/C13H20FNO/c1-3-16-13-7-6-11(8-12(13)14)5-4-10(2)9-15/h6-8,10H,3-5,9,15H2,1-2H3. The van der Waals surface area contributed by atoms with Gasteiger partial charge in [0.25, 0.3) is 0 Å². The van der Waals surface area contributed by atoms with Gasteiger partial charge >= 0.3 is 0 Å². The van der Waals surface area contributed by atoms with E-state index in [2.05, 4.69) is 6.92 Å². The summed E-state index contributed by atoms with van der Waals surface area (Å²) in [4.78, 5) is 0. The molecule has 3 heteroatoms. The average Bonchev–Trinajstić information content (AvgIpc) is 2.29. The van der Waals surface area contributed by atoms with Gasteiger partial charge in [-0.3, -0.25) is 0 Å². The number of benzene rings is 1. The lowest BCUT2D eigenvalue weighted by atomic mass is 10.0. The number of hydrogen-bond donors (Lipinski definition) is 1. The molecule has 1 aromatic rings. The SMILES string of the molecule is CCOc1ccc(CCC(C)CN)cc1F. The van der Waals surface area contributed by atoms with E-state index in [0.29, 0.717) is 24.8 Å². The predicted octanol–water partition coefficient (Wildman–Crippen LogP) is 2.75. The lowest BCUT2D eigenvalue weighted by molar-refractivity contribution is 0.321. The van der Waals surface area contributed by atoms with Crippen LogP contribution in [0.3, 0.4) is 0 Å². The zero-order valence-corrected chi connectivity index (χ0v) is 10.0. The van der Waals surface area contributed by atoms with E-state index in [0.717, 1.165) is 18.4 Å². The summed E-state index contributed by atoms with van der Waals surface area (Å²) in [5, 5.41) is 0. The molecule has 0 radical (unpaired) electrons. The van der Waals surface area contributed by atoms with Crippen LogP contribution in [0.1, 0.15) is 25.8 Å². The Morgan fingerprint density at radius 2 is 2.19 bits per heavy atom. The summed E-state index contributed by atoms with van der Waals surface area (Å²) in [6, 6.07) is 5.16. The molecule has 2 N–H and O–H groups in total. The summed E-state index contributed by atoms with van der Waals surface area (Å²) in [6.45, 7) is 5.11. The third kappa shape index (κ3) is 3.81. The minimum atomic E-state index is -0.278. The molecule has 0 amide bonds. The third-order valence-corrected chi connectivity index (χ3v) is 2.62. The molecule has 0 saturated heterocycles. The second-order valence-electron chi connectivity index (χ2n) is 4.08. The number of hydrogen-bond acceptors (Lipinski definition) is 2. The van der Waals surface area contributed by atoms with Crippen LogP contribution in [0, 0.1) is 11.7 Å². The molecule has 0 aromatic heterocycles. The van der Waals surface area contributed by atoms with Crippen LogP contribution in [-0.2, 0) is 6.42 Å². The van der Waals surface area contributed by atoms with E-state index >= 15 is 0 Å². The maximum atomic E-state index is 13.5. The predicted molar refractivity (Wildman–Crippen MR) is 64.1 cm³/mol. The molecule has 0 bridgehead atoms. The topological polar surface area (TPSA) is 35.2 Å². The van der Waals surface area contributed by atoms with Gasteiger partial charge in [0.2, 0.25) is 0 Å². The second kappa shape index (κ2) is 6.48. The van der Waals surface area contributed by atoms with Crippen LogP contribution in [0.2, 0.25) is 0 Å². The molecule has 1 atom stereocenters. The van der Waals surface area contributed by atoms with E-state index < -0.39 is 0 Å². The molecule has 16 heavy (non-hydrogen) atoms. The molecule has 0 spiro atoms. The Bertz CT molecular complexity index is 328. The van der Waals surface area contributed by atoms with Crippen LogP contribution < -0.4 is 10.5 Å². The van der Waals surface area contributed by atoms with E-state index in [4.69, 9.17) is 10.5 Å². The highest BCUT2D eigenvalue weighted by molar-refractivity contribution is 5.29. The van der Waals surface area contributed by atoms with Crippen LogP contribution >= 0.6 is 0 Å². The Kier molecular flexibility index (Phi) is 5.26. The summed E-state index contributed by atoms with van der Waals surface area (Å²) in [6.07, 6.45) is 1.85. The molecular weight excluding hydrogens is 205 g/mol. The third-order valence-electron chi connectivity index (χ3n) is 2.62. The molecule has 1 unspecified atom stereocenters. The zero-order valence-electron chi connectivity index (χ0n) is 10.0. The lowest BCUT2D eigenvalue weighted by Crippen LogP contribution is -2.11. The van der Waals surface area contributed by atoms with Gasteiger partial charge in [0.05, 0.1) is 6.61 Å². The maximum Gasteiger partial charge on any atom is 0.165 e. The number of aryl methyl sites for hydroxylation is 1. The number of nitrogens with two attached hydrogens (primary N) is 1. The molecule has 1 aromatic carbocycles. The van der Waals surface area contributed by atoms with Crippen molar-refractivity contribution < 1.29 is 9.13 Å². The Labute approximate surface area is 96.6 Å². The van der Waals surface area contributed by atoms with Gasteiger partial charge in [-0.2, -0.15) is 0 Å². The van der Waals surface area contributed by atoms with Crippen LogP contribution in [-0.4, -0.2) is 13.2 Å². The Balaban J connectivity index is 2.59. The Hall–Kier alpha value is -1.09. The summed E-state index contributed by atoms with van der Waals surface area (Å²) in [5.41, 5.74) is 6.54. The van der Waals surface area contributed by atoms with Crippen LogP contribution in [0.5, 0.6) is 5.75 Å². The summed E-state index contributed by atoms with van der Waals surface area (Å²) in [7, 11) is 0. The number of halogens is 1. The first kappa shape index (κ1) is 13.0. The first-order valence-corrected chi connectivity index (χ1v) is 5.78. The van der Waals surface area contributed by atoms with Gasteiger partial charge in [-0.05, 0) is 49.9 Å². The van der Waals surface area contributed by atoms with E-state index in [9.17, 15) is 4.39 Å².